The van der Waals surface area contributed by atoms with Crippen LogP contribution in [0.15, 0.2) is 12.4 Å². The number of likely N-dealkylation sites (tertiary alicyclic amines) is 1. The number of piperazine rings is 1. The van der Waals surface area contributed by atoms with Gasteiger partial charge in [0.15, 0.2) is 0 Å². The smallest absolute Gasteiger partial charge is 0.407 e. The fourth-order valence-corrected chi connectivity index (χ4v) is 5.02. The highest BCUT2D eigenvalue weighted by Gasteiger charge is 2.36. The second kappa shape index (κ2) is 7.90. The molecule has 2 aromatic heterocycles. The molecule has 2 saturated heterocycles. The molecule has 28 heavy (non-hydrogen) atoms. The predicted molar refractivity (Wildman–Crippen MR) is 108 cm³/mol. The lowest BCUT2D eigenvalue weighted by molar-refractivity contribution is -0.137. The van der Waals surface area contributed by atoms with E-state index in [0.29, 0.717) is 39.1 Å². The summed E-state index contributed by atoms with van der Waals surface area (Å²) in [6.45, 7) is 5.12. The summed E-state index contributed by atoms with van der Waals surface area (Å²) in [4.78, 5) is 40.9. The molecule has 1 N–H and O–H groups in total. The molecular formula is C19H25N5O3S. The lowest BCUT2D eigenvalue weighted by atomic mass is 10.0. The van der Waals surface area contributed by atoms with Gasteiger partial charge in [0.2, 0.25) is 5.91 Å². The van der Waals surface area contributed by atoms with Crippen molar-refractivity contribution in [1.29, 1.82) is 0 Å². The first-order chi connectivity index (χ1) is 13.6. The quantitative estimate of drug-likeness (QED) is 0.847. The fourth-order valence-electron chi connectivity index (χ4n) is 4.09. The fraction of sp³-hybridized carbons (Fsp3) is 0.579. The lowest BCUT2D eigenvalue weighted by Gasteiger charge is -2.40. The molecule has 8 nitrogen and oxygen atoms in total. The standard InChI is InChI=1S/C19H25N5O3S/c1-2-13-11-14-16(20-12-21-17(14)28-13)22-7-9-23(10-8-22)18(25)15-5-3-4-6-24(15)19(26)27/h11-12,15H,2-10H2,1H3,(H,26,27). The first-order valence-electron chi connectivity index (χ1n) is 9.85. The summed E-state index contributed by atoms with van der Waals surface area (Å²) in [6.07, 6.45) is 3.93. The van der Waals surface area contributed by atoms with E-state index in [4.69, 9.17) is 0 Å². The van der Waals surface area contributed by atoms with Crippen LogP contribution in [-0.4, -0.2) is 75.6 Å². The summed E-state index contributed by atoms with van der Waals surface area (Å²) in [5.41, 5.74) is 0. The number of piperidine rings is 1. The Balaban J connectivity index is 1.45. The summed E-state index contributed by atoms with van der Waals surface area (Å²) in [6, 6.07) is 1.63. The Morgan fingerprint density at radius 2 is 1.96 bits per heavy atom. The molecule has 2 aromatic rings. The summed E-state index contributed by atoms with van der Waals surface area (Å²) >= 11 is 1.70. The van der Waals surface area contributed by atoms with Crippen molar-refractivity contribution >= 4 is 39.4 Å². The summed E-state index contributed by atoms with van der Waals surface area (Å²) < 4.78 is 0. The number of aromatic nitrogens is 2. The van der Waals surface area contributed by atoms with Crippen LogP contribution < -0.4 is 4.90 Å². The average Bonchev–Trinajstić information content (AvgIpc) is 3.17. The molecular weight excluding hydrogens is 378 g/mol. The van der Waals surface area contributed by atoms with Gasteiger partial charge in [0.05, 0.1) is 5.39 Å². The lowest BCUT2D eigenvalue weighted by Crippen LogP contribution is -2.57. The minimum atomic E-state index is -0.996. The highest BCUT2D eigenvalue weighted by Crippen LogP contribution is 2.31. The van der Waals surface area contributed by atoms with Gasteiger partial charge in [-0.3, -0.25) is 9.69 Å². The molecule has 0 bridgehead atoms. The number of anilines is 1. The first kappa shape index (κ1) is 18.9. The van der Waals surface area contributed by atoms with Crippen LogP contribution in [0, 0.1) is 0 Å². The van der Waals surface area contributed by atoms with Gasteiger partial charge >= 0.3 is 6.09 Å². The molecule has 0 aromatic carbocycles. The van der Waals surface area contributed by atoms with E-state index in [-0.39, 0.29) is 5.91 Å². The number of nitrogens with zero attached hydrogens (tertiary/aromatic N) is 5. The number of aryl methyl sites for hydroxylation is 1. The van der Waals surface area contributed by atoms with Crippen LogP contribution in [0.5, 0.6) is 0 Å². The summed E-state index contributed by atoms with van der Waals surface area (Å²) in [7, 11) is 0. The molecule has 0 saturated carbocycles. The molecule has 150 valence electrons. The van der Waals surface area contributed by atoms with Crippen molar-refractivity contribution < 1.29 is 14.7 Å². The van der Waals surface area contributed by atoms with E-state index < -0.39 is 12.1 Å². The number of hydrogen-bond donors (Lipinski definition) is 1. The van der Waals surface area contributed by atoms with Gasteiger partial charge in [-0.1, -0.05) is 6.92 Å². The maximum absolute atomic E-state index is 12.9. The number of carboxylic acid groups (broad SMARTS) is 1. The van der Waals surface area contributed by atoms with E-state index >= 15 is 0 Å². The van der Waals surface area contributed by atoms with Crippen LogP contribution in [0.25, 0.3) is 10.2 Å². The van der Waals surface area contributed by atoms with Crippen LogP contribution in [-0.2, 0) is 11.2 Å². The van der Waals surface area contributed by atoms with Crippen LogP contribution in [0.3, 0.4) is 0 Å². The van der Waals surface area contributed by atoms with Gasteiger partial charge < -0.3 is 14.9 Å². The number of carbonyl (C=O) groups is 2. The van der Waals surface area contributed by atoms with Crippen molar-refractivity contribution in [2.24, 2.45) is 0 Å². The van der Waals surface area contributed by atoms with E-state index in [1.807, 2.05) is 4.90 Å². The Kier molecular flexibility index (Phi) is 5.34. The Labute approximate surface area is 167 Å². The van der Waals surface area contributed by atoms with Crippen LogP contribution in [0.4, 0.5) is 10.6 Å². The van der Waals surface area contributed by atoms with Crippen LogP contribution in [0.1, 0.15) is 31.1 Å². The zero-order chi connectivity index (χ0) is 19.7. The van der Waals surface area contributed by atoms with E-state index in [1.54, 1.807) is 17.7 Å². The Morgan fingerprint density at radius 3 is 2.68 bits per heavy atom. The van der Waals surface area contributed by atoms with E-state index in [1.165, 1.54) is 9.78 Å². The van der Waals surface area contributed by atoms with Crippen LogP contribution >= 0.6 is 11.3 Å². The van der Waals surface area contributed by atoms with Crippen molar-refractivity contribution in [2.75, 3.05) is 37.6 Å². The van der Waals surface area contributed by atoms with Gasteiger partial charge in [0, 0.05) is 37.6 Å². The van der Waals surface area contributed by atoms with E-state index in [9.17, 15) is 14.7 Å². The van der Waals surface area contributed by atoms with Gasteiger partial charge in [-0.05, 0) is 31.7 Å². The average molecular weight is 404 g/mol. The summed E-state index contributed by atoms with van der Waals surface area (Å²) in [5.74, 6) is 0.872. The maximum Gasteiger partial charge on any atom is 0.407 e. The van der Waals surface area contributed by atoms with Gasteiger partial charge in [0.1, 0.15) is 23.0 Å². The van der Waals surface area contributed by atoms with Gasteiger partial charge in [-0.15, -0.1) is 11.3 Å². The Bertz CT molecular complexity index is 878. The molecule has 1 atom stereocenters. The molecule has 0 radical (unpaired) electrons. The Morgan fingerprint density at radius 1 is 1.18 bits per heavy atom. The van der Waals surface area contributed by atoms with Gasteiger partial charge in [-0.2, -0.15) is 0 Å². The third kappa shape index (κ3) is 3.50. The van der Waals surface area contributed by atoms with Crippen molar-refractivity contribution in [2.45, 2.75) is 38.6 Å². The highest BCUT2D eigenvalue weighted by molar-refractivity contribution is 7.18. The largest absolute Gasteiger partial charge is 0.465 e. The Hall–Kier alpha value is -2.42. The molecule has 2 fully saturated rings. The van der Waals surface area contributed by atoms with Gasteiger partial charge in [-0.25, -0.2) is 14.8 Å². The molecule has 2 aliphatic heterocycles. The van der Waals surface area contributed by atoms with Crippen molar-refractivity contribution in [1.82, 2.24) is 19.8 Å². The number of rotatable bonds is 3. The molecule has 1 unspecified atom stereocenters. The van der Waals surface area contributed by atoms with Crippen molar-refractivity contribution in [3.63, 3.8) is 0 Å². The van der Waals surface area contributed by atoms with Gasteiger partial charge in [0.25, 0.3) is 0 Å². The second-order valence-corrected chi connectivity index (χ2v) is 8.40. The molecule has 9 heteroatoms. The van der Waals surface area contributed by atoms with Crippen LogP contribution in [0.2, 0.25) is 0 Å². The monoisotopic (exact) mass is 403 g/mol. The third-order valence-electron chi connectivity index (χ3n) is 5.63. The first-order valence-corrected chi connectivity index (χ1v) is 10.7. The number of hydrogen-bond acceptors (Lipinski definition) is 6. The zero-order valence-electron chi connectivity index (χ0n) is 16.0. The van der Waals surface area contributed by atoms with E-state index in [0.717, 1.165) is 35.3 Å². The van der Waals surface area contributed by atoms with Crippen molar-refractivity contribution in [3.8, 4) is 0 Å². The maximum atomic E-state index is 12.9. The number of thiophene rings is 1. The molecule has 2 amide bonds. The molecule has 4 rings (SSSR count). The van der Waals surface area contributed by atoms with E-state index in [2.05, 4.69) is 27.9 Å². The highest BCUT2D eigenvalue weighted by atomic mass is 32.1. The SMILES string of the molecule is CCc1cc2c(N3CCN(C(=O)C4CCCCN4C(=O)O)CC3)ncnc2s1. The molecule has 0 spiro atoms. The topological polar surface area (TPSA) is 89.9 Å². The summed E-state index contributed by atoms with van der Waals surface area (Å²) in [5, 5.41) is 10.5. The predicted octanol–water partition coefficient (Wildman–Crippen LogP) is 2.43. The number of fused-ring (bicyclic) bond motifs is 1. The molecule has 0 aliphatic carbocycles. The zero-order valence-corrected chi connectivity index (χ0v) is 16.8. The molecule has 4 heterocycles. The minimum absolute atomic E-state index is 0.0570. The number of amides is 2. The van der Waals surface area contributed by atoms with Crippen molar-refractivity contribution in [3.05, 3.63) is 17.3 Å². The minimum Gasteiger partial charge on any atom is -0.465 e. The second-order valence-electron chi connectivity index (χ2n) is 7.28. The normalized spacial score (nSPS) is 20.6. The molecule has 2 aliphatic rings. The third-order valence-corrected chi connectivity index (χ3v) is 6.82. The number of carbonyl (C=O) groups excluding carboxylic acids is 1.